The van der Waals surface area contributed by atoms with Crippen molar-refractivity contribution in [1.82, 2.24) is 4.98 Å². The van der Waals surface area contributed by atoms with Gasteiger partial charge in [-0.3, -0.25) is 0 Å². The zero-order valence-corrected chi connectivity index (χ0v) is 12.0. The Labute approximate surface area is 117 Å². The molecule has 0 spiro atoms. The third-order valence-corrected chi connectivity index (χ3v) is 5.19. The number of hydrogen-bond acceptors (Lipinski definition) is 4. The van der Waals surface area contributed by atoms with Crippen molar-refractivity contribution in [2.24, 2.45) is 11.8 Å². The average molecular weight is 271 g/mol. The Morgan fingerprint density at radius 3 is 3.00 bits per heavy atom. The van der Waals surface area contributed by atoms with Crippen molar-refractivity contribution < 1.29 is 0 Å². The molecule has 98 valence electrons. The fourth-order valence-corrected chi connectivity index (χ4v) is 3.76. The Morgan fingerprint density at radius 2 is 2.32 bits per heavy atom. The summed E-state index contributed by atoms with van der Waals surface area (Å²) in [5, 5.41) is 10.0. The van der Waals surface area contributed by atoms with Gasteiger partial charge in [-0.05, 0) is 42.7 Å². The molecule has 0 radical (unpaired) electrons. The molecule has 19 heavy (non-hydrogen) atoms. The van der Waals surface area contributed by atoms with Gasteiger partial charge in [0, 0.05) is 11.1 Å². The van der Waals surface area contributed by atoms with Gasteiger partial charge in [0.25, 0.3) is 0 Å². The summed E-state index contributed by atoms with van der Waals surface area (Å²) in [5.41, 5.74) is 9.16. The highest BCUT2D eigenvalue weighted by molar-refractivity contribution is 7.19. The number of thiophene rings is 1. The minimum atomic E-state index is 0.588. The summed E-state index contributed by atoms with van der Waals surface area (Å²) in [4.78, 5) is 6.23. The number of nitrogens with two attached hydrogens (primary N) is 1. The first-order chi connectivity index (χ1) is 9.10. The molecule has 2 aromatic rings. The summed E-state index contributed by atoms with van der Waals surface area (Å²) in [6, 6.07) is 4.32. The van der Waals surface area contributed by atoms with Crippen LogP contribution in [0.4, 0.5) is 5.69 Å². The van der Waals surface area contributed by atoms with E-state index in [0.29, 0.717) is 16.5 Å². The standard InChI is InChI=1S/C15H17N3S/c1-8(2)9-3-4-12-10(5-9)6-11-14(17)13(7-16)19-15(11)18-12/h6,8-9H,3-5,17H2,1-2H3. The summed E-state index contributed by atoms with van der Waals surface area (Å²) in [7, 11) is 0. The maximum atomic E-state index is 9.05. The lowest BCUT2D eigenvalue weighted by atomic mass is 9.80. The summed E-state index contributed by atoms with van der Waals surface area (Å²) >= 11 is 1.41. The molecule has 0 fully saturated rings. The minimum absolute atomic E-state index is 0.588. The molecule has 3 nitrogen and oxygen atoms in total. The van der Waals surface area contributed by atoms with Gasteiger partial charge in [-0.2, -0.15) is 5.26 Å². The molecular weight excluding hydrogens is 254 g/mol. The molecular formula is C15H17N3S. The first-order valence-electron chi connectivity index (χ1n) is 6.71. The van der Waals surface area contributed by atoms with Crippen molar-refractivity contribution >= 4 is 27.2 Å². The van der Waals surface area contributed by atoms with Gasteiger partial charge in [-0.1, -0.05) is 13.8 Å². The zero-order chi connectivity index (χ0) is 13.6. The number of pyridine rings is 1. The van der Waals surface area contributed by atoms with Crippen molar-refractivity contribution in [3.05, 3.63) is 22.2 Å². The van der Waals surface area contributed by atoms with E-state index < -0.39 is 0 Å². The molecule has 1 atom stereocenters. The third kappa shape index (κ3) is 1.98. The van der Waals surface area contributed by atoms with Crippen LogP contribution in [0.15, 0.2) is 6.07 Å². The highest BCUT2D eigenvalue weighted by Crippen LogP contribution is 2.36. The SMILES string of the molecule is CC(C)C1CCc2nc3sc(C#N)c(N)c3cc2C1. The molecule has 0 aliphatic heterocycles. The van der Waals surface area contributed by atoms with Gasteiger partial charge in [0.1, 0.15) is 15.8 Å². The molecule has 0 aromatic carbocycles. The van der Waals surface area contributed by atoms with E-state index in [4.69, 9.17) is 16.0 Å². The molecule has 2 N–H and O–H groups in total. The normalized spacial score (nSPS) is 18.5. The molecule has 3 rings (SSSR count). The van der Waals surface area contributed by atoms with Crippen molar-refractivity contribution in [1.29, 1.82) is 5.26 Å². The van der Waals surface area contributed by atoms with E-state index in [1.54, 1.807) is 0 Å². The monoisotopic (exact) mass is 271 g/mol. The smallest absolute Gasteiger partial charge is 0.130 e. The van der Waals surface area contributed by atoms with Crippen molar-refractivity contribution in [3.8, 4) is 6.07 Å². The fourth-order valence-electron chi connectivity index (χ4n) is 2.87. The van der Waals surface area contributed by atoms with Gasteiger partial charge in [0.05, 0.1) is 5.69 Å². The van der Waals surface area contributed by atoms with Crippen molar-refractivity contribution in [3.63, 3.8) is 0 Å². The quantitative estimate of drug-likeness (QED) is 0.863. The number of fused-ring (bicyclic) bond motifs is 2. The number of nitriles is 1. The van der Waals surface area contributed by atoms with Crippen LogP contribution >= 0.6 is 11.3 Å². The first-order valence-corrected chi connectivity index (χ1v) is 7.52. The van der Waals surface area contributed by atoms with Crippen LogP contribution in [-0.2, 0) is 12.8 Å². The van der Waals surface area contributed by atoms with Gasteiger partial charge < -0.3 is 5.73 Å². The van der Waals surface area contributed by atoms with Crippen molar-refractivity contribution in [2.45, 2.75) is 33.1 Å². The predicted molar refractivity (Wildman–Crippen MR) is 79.1 cm³/mol. The van der Waals surface area contributed by atoms with E-state index >= 15 is 0 Å². The maximum Gasteiger partial charge on any atom is 0.130 e. The molecule has 0 amide bonds. The van der Waals surface area contributed by atoms with Gasteiger partial charge >= 0.3 is 0 Å². The van der Waals surface area contributed by atoms with Crippen LogP contribution in [0, 0.1) is 23.2 Å². The van der Waals surface area contributed by atoms with Crippen LogP contribution in [0.1, 0.15) is 36.4 Å². The molecule has 1 unspecified atom stereocenters. The van der Waals surface area contributed by atoms with Gasteiger partial charge in [0.15, 0.2) is 0 Å². The Kier molecular flexibility index (Phi) is 2.94. The van der Waals surface area contributed by atoms with Gasteiger partial charge in [-0.15, -0.1) is 11.3 Å². The molecule has 0 bridgehead atoms. The van der Waals surface area contributed by atoms with Crippen LogP contribution in [-0.4, -0.2) is 4.98 Å². The molecule has 2 aromatic heterocycles. The van der Waals surface area contributed by atoms with Gasteiger partial charge in [0.2, 0.25) is 0 Å². The van der Waals surface area contributed by atoms with Gasteiger partial charge in [-0.25, -0.2) is 4.98 Å². The lowest BCUT2D eigenvalue weighted by Gasteiger charge is -2.26. The number of aromatic nitrogens is 1. The Morgan fingerprint density at radius 1 is 1.53 bits per heavy atom. The Hall–Kier alpha value is -1.60. The summed E-state index contributed by atoms with van der Waals surface area (Å²) in [6.07, 6.45) is 3.36. The van der Waals surface area contributed by atoms with Crippen LogP contribution < -0.4 is 5.73 Å². The molecule has 0 saturated carbocycles. The van der Waals surface area contributed by atoms with E-state index in [0.717, 1.165) is 29.0 Å². The minimum Gasteiger partial charge on any atom is -0.396 e. The second-order valence-electron chi connectivity index (χ2n) is 5.65. The maximum absolute atomic E-state index is 9.05. The van der Waals surface area contributed by atoms with E-state index in [-0.39, 0.29) is 0 Å². The van der Waals surface area contributed by atoms with E-state index in [2.05, 4.69) is 26.0 Å². The Bertz CT molecular complexity index is 679. The molecule has 1 aliphatic carbocycles. The molecule has 2 heterocycles. The number of nitrogen functional groups attached to an aromatic ring is 1. The lowest BCUT2D eigenvalue weighted by Crippen LogP contribution is -2.19. The molecule has 4 heteroatoms. The first kappa shape index (κ1) is 12.4. The van der Waals surface area contributed by atoms with Crippen LogP contribution in [0.5, 0.6) is 0 Å². The van der Waals surface area contributed by atoms with E-state index in [1.807, 2.05) is 0 Å². The summed E-state index contributed by atoms with van der Waals surface area (Å²) in [5.74, 6) is 1.44. The number of aryl methyl sites for hydroxylation is 1. The largest absolute Gasteiger partial charge is 0.396 e. The molecule has 0 saturated heterocycles. The summed E-state index contributed by atoms with van der Waals surface area (Å²) in [6.45, 7) is 4.57. The second kappa shape index (κ2) is 4.50. The third-order valence-electron chi connectivity index (χ3n) is 4.17. The number of anilines is 1. The van der Waals surface area contributed by atoms with Crippen LogP contribution in [0.2, 0.25) is 0 Å². The van der Waals surface area contributed by atoms with E-state index in [1.165, 1.54) is 29.0 Å². The number of hydrogen-bond donors (Lipinski definition) is 1. The highest BCUT2D eigenvalue weighted by Gasteiger charge is 2.23. The number of nitrogens with zero attached hydrogens (tertiary/aromatic N) is 2. The van der Waals surface area contributed by atoms with Crippen molar-refractivity contribution in [2.75, 3.05) is 5.73 Å². The topological polar surface area (TPSA) is 62.7 Å². The number of rotatable bonds is 1. The van der Waals surface area contributed by atoms with E-state index in [9.17, 15) is 0 Å². The fraction of sp³-hybridized carbons (Fsp3) is 0.467. The summed E-state index contributed by atoms with van der Waals surface area (Å²) < 4.78 is 0. The highest BCUT2D eigenvalue weighted by atomic mass is 32.1. The van der Waals surface area contributed by atoms with Crippen LogP contribution in [0.3, 0.4) is 0 Å². The Balaban J connectivity index is 2.11. The second-order valence-corrected chi connectivity index (χ2v) is 6.65. The zero-order valence-electron chi connectivity index (χ0n) is 11.2. The average Bonchev–Trinajstić information content (AvgIpc) is 2.72. The molecule has 1 aliphatic rings. The van der Waals surface area contributed by atoms with Crippen LogP contribution in [0.25, 0.3) is 10.2 Å². The predicted octanol–water partition coefficient (Wildman–Crippen LogP) is 3.51. The lowest BCUT2D eigenvalue weighted by molar-refractivity contribution is 0.341.